The van der Waals surface area contributed by atoms with Crippen LogP contribution in [0.5, 0.6) is 0 Å². The van der Waals surface area contributed by atoms with Crippen molar-refractivity contribution in [3.8, 4) is 0 Å². The molecule has 0 aliphatic rings. The monoisotopic (exact) mass is 257 g/mol. The van der Waals surface area contributed by atoms with Crippen molar-refractivity contribution in [1.82, 2.24) is 14.9 Å². The lowest BCUT2D eigenvalue weighted by molar-refractivity contribution is 0.217. The minimum absolute atomic E-state index is 0.0550. The molecule has 2 amide bonds. The molecule has 0 fully saturated rings. The van der Waals surface area contributed by atoms with Crippen molar-refractivity contribution < 1.29 is 13.2 Å². The van der Waals surface area contributed by atoms with Crippen LogP contribution in [-0.4, -0.2) is 58.2 Å². The summed E-state index contributed by atoms with van der Waals surface area (Å²) < 4.78 is 24.5. The van der Waals surface area contributed by atoms with Crippen LogP contribution in [0.4, 0.5) is 4.79 Å². The van der Waals surface area contributed by atoms with Crippen LogP contribution in [-0.2, 0) is 10.0 Å². The van der Waals surface area contributed by atoms with Crippen LogP contribution in [0.15, 0.2) is 0 Å². The number of alkyl halides is 1. The van der Waals surface area contributed by atoms with Crippen LogP contribution in [0.2, 0.25) is 0 Å². The predicted octanol–water partition coefficient (Wildman–Crippen LogP) is -0.584. The Balaban J connectivity index is 3.68. The normalized spacial score (nSPS) is 11.1. The number of sulfonamides is 1. The van der Waals surface area contributed by atoms with Gasteiger partial charge in [0.15, 0.2) is 0 Å². The molecule has 0 aliphatic carbocycles. The smallest absolute Gasteiger partial charge is 0.316 e. The Hall–Kier alpha value is -0.530. The third-order valence-electron chi connectivity index (χ3n) is 1.48. The number of carbonyl (C=O) groups is 1. The fraction of sp³-hybridized carbons (Fsp3) is 0.857. The van der Waals surface area contributed by atoms with Crippen LogP contribution >= 0.6 is 11.6 Å². The Morgan fingerprint density at radius 2 is 1.93 bits per heavy atom. The predicted molar refractivity (Wildman–Crippen MR) is 59.6 cm³/mol. The van der Waals surface area contributed by atoms with E-state index in [-0.39, 0.29) is 30.8 Å². The van der Waals surface area contributed by atoms with Gasteiger partial charge in [-0.15, -0.1) is 11.6 Å². The maximum atomic E-state index is 11.1. The summed E-state index contributed by atoms with van der Waals surface area (Å²) in [7, 11) is -0.0884. The Morgan fingerprint density at radius 3 is 2.40 bits per heavy atom. The Morgan fingerprint density at radius 1 is 1.33 bits per heavy atom. The minimum Gasteiger partial charge on any atom is -0.337 e. The number of rotatable bonds is 6. The minimum atomic E-state index is -3.30. The van der Waals surface area contributed by atoms with Gasteiger partial charge in [-0.05, 0) is 0 Å². The maximum Gasteiger partial charge on any atom is 0.316 e. The highest BCUT2D eigenvalue weighted by atomic mass is 35.5. The fourth-order valence-electron chi connectivity index (χ4n) is 0.708. The number of nitrogens with one attached hydrogen (secondary N) is 2. The number of amides is 2. The van der Waals surface area contributed by atoms with Gasteiger partial charge < -0.3 is 10.2 Å². The van der Waals surface area contributed by atoms with E-state index >= 15 is 0 Å². The number of halogens is 1. The first-order valence-electron chi connectivity index (χ1n) is 4.37. The Kier molecular flexibility index (Phi) is 6.62. The van der Waals surface area contributed by atoms with E-state index in [4.69, 9.17) is 11.6 Å². The Labute approximate surface area is 95.0 Å². The first-order valence-corrected chi connectivity index (χ1v) is 6.56. The lowest BCUT2D eigenvalue weighted by Gasteiger charge is -2.12. The lowest BCUT2D eigenvalue weighted by atomic mass is 10.6. The summed E-state index contributed by atoms with van der Waals surface area (Å²) >= 11 is 5.30. The fourth-order valence-corrected chi connectivity index (χ4v) is 2.08. The molecule has 0 atom stereocenters. The standard InChI is InChI=1S/C7H16ClN3O3S/c1-11(2)7(12)9-4-5-10-15(13,14)6-3-8/h10H,3-6H2,1-2H3,(H,9,12). The number of carbonyl (C=O) groups excluding carboxylic acids is 1. The van der Waals surface area contributed by atoms with Gasteiger partial charge in [0.05, 0.1) is 5.75 Å². The highest BCUT2D eigenvalue weighted by molar-refractivity contribution is 7.89. The second-order valence-corrected chi connectivity index (χ2v) is 5.33. The zero-order valence-corrected chi connectivity index (χ0v) is 10.4. The summed E-state index contributed by atoms with van der Waals surface area (Å²) in [6, 6.07) is -0.258. The number of urea groups is 1. The average molecular weight is 258 g/mol. The second-order valence-electron chi connectivity index (χ2n) is 3.03. The summed E-state index contributed by atoms with van der Waals surface area (Å²) in [6.07, 6.45) is 0. The SMILES string of the molecule is CN(C)C(=O)NCCNS(=O)(=O)CCCl. The van der Waals surface area contributed by atoms with Gasteiger partial charge in [0, 0.05) is 33.1 Å². The van der Waals surface area contributed by atoms with Crippen molar-refractivity contribution in [1.29, 1.82) is 0 Å². The summed E-state index contributed by atoms with van der Waals surface area (Å²) in [5.74, 6) is -0.0599. The largest absolute Gasteiger partial charge is 0.337 e. The molecule has 0 rings (SSSR count). The first kappa shape index (κ1) is 14.5. The van der Waals surface area contributed by atoms with Crippen molar-refractivity contribution in [2.45, 2.75) is 0 Å². The zero-order chi connectivity index (χ0) is 11.9. The third-order valence-corrected chi connectivity index (χ3v) is 3.27. The Bertz CT molecular complexity index is 292. The van der Waals surface area contributed by atoms with E-state index in [1.54, 1.807) is 14.1 Å². The van der Waals surface area contributed by atoms with E-state index < -0.39 is 10.0 Å². The molecule has 8 heteroatoms. The molecule has 2 N–H and O–H groups in total. The summed E-state index contributed by atoms with van der Waals surface area (Å²) in [5, 5.41) is 2.52. The molecule has 0 spiro atoms. The molecule has 0 unspecified atom stereocenters. The molecule has 0 radical (unpaired) electrons. The van der Waals surface area contributed by atoms with E-state index in [9.17, 15) is 13.2 Å². The molecule has 0 saturated carbocycles. The third kappa shape index (κ3) is 7.40. The molecule has 0 aliphatic heterocycles. The molecule has 0 aromatic heterocycles. The van der Waals surface area contributed by atoms with Crippen molar-refractivity contribution in [3.05, 3.63) is 0 Å². The van der Waals surface area contributed by atoms with E-state index in [1.807, 2.05) is 0 Å². The summed E-state index contributed by atoms with van der Waals surface area (Å²) in [4.78, 5) is 12.4. The van der Waals surface area contributed by atoms with E-state index in [0.29, 0.717) is 0 Å². The van der Waals surface area contributed by atoms with Gasteiger partial charge in [-0.1, -0.05) is 0 Å². The van der Waals surface area contributed by atoms with Gasteiger partial charge >= 0.3 is 6.03 Å². The lowest BCUT2D eigenvalue weighted by Crippen LogP contribution is -2.40. The molecular formula is C7H16ClN3O3S. The van der Waals surface area contributed by atoms with Crippen LogP contribution in [0.3, 0.4) is 0 Å². The second kappa shape index (κ2) is 6.86. The van der Waals surface area contributed by atoms with E-state index in [0.717, 1.165) is 0 Å². The summed E-state index contributed by atoms with van der Waals surface area (Å²) in [6.45, 7) is 0.414. The van der Waals surface area contributed by atoms with Crippen molar-refractivity contribution in [2.75, 3.05) is 38.8 Å². The molecule has 0 aromatic rings. The van der Waals surface area contributed by atoms with Crippen LogP contribution in [0, 0.1) is 0 Å². The molecular weight excluding hydrogens is 242 g/mol. The maximum absolute atomic E-state index is 11.1. The van der Waals surface area contributed by atoms with E-state index in [2.05, 4.69) is 10.0 Å². The topological polar surface area (TPSA) is 78.5 Å². The number of nitrogens with zero attached hydrogens (tertiary/aromatic N) is 1. The number of hydrogen-bond acceptors (Lipinski definition) is 3. The molecule has 15 heavy (non-hydrogen) atoms. The molecule has 0 aromatic carbocycles. The van der Waals surface area contributed by atoms with Crippen molar-refractivity contribution >= 4 is 27.7 Å². The van der Waals surface area contributed by atoms with Gasteiger partial charge in [0.2, 0.25) is 10.0 Å². The van der Waals surface area contributed by atoms with E-state index in [1.165, 1.54) is 4.90 Å². The highest BCUT2D eigenvalue weighted by Crippen LogP contribution is 1.85. The molecule has 0 saturated heterocycles. The highest BCUT2D eigenvalue weighted by Gasteiger charge is 2.08. The number of hydrogen-bond donors (Lipinski definition) is 2. The molecule has 90 valence electrons. The molecule has 0 heterocycles. The van der Waals surface area contributed by atoms with Gasteiger partial charge in [-0.25, -0.2) is 17.9 Å². The van der Waals surface area contributed by atoms with Gasteiger partial charge in [-0.2, -0.15) is 0 Å². The van der Waals surface area contributed by atoms with Gasteiger partial charge in [0.25, 0.3) is 0 Å². The van der Waals surface area contributed by atoms with Gasteiger partial charge in [-0.3, -0.25) is 0 Å². The van der Waals surface area contributed by atoms with Crippen molar-refractivity contribution in [2.24, 2.45) is 0 Å². The molecule has 0 bridgehead atoms. The van der Waals surface area contributed by atoms with Gasteiger partial charge in [0.1, 0.15) is 0 Å². The molecule has 6 nitrogen and oxygen atoms in total. The van der Waals surface area contributed by atoms with Crippen LogP contribution < -0.4 is 10.0 Å². The quantitative estimate of drug-likeness (QED) is 0.493. The van der Waals surface area contributed by atoms with Crippen molar-refractivity contribution in [3.63, 3.8) is 0 Å². The van der Waals surface area contributed by atoms with Crippen LogP contribution in [0.1, 0.15) is 0 Å². The van der Waals surface area contributed by atoms with Crippen LogP contribution in [0.25, 0.3) is 0 Å². The zero-order valence-electron chi connectivity index (χ0n) is 8.79. The average Bonchev–Trinajstić information content (AvgIpc) is 2.11. The first-order chi connectivity index (χ1) is 6.89. The summed E-state index contributed by atoms with van der Waals surface area (Å²) in [5.41, 5.74) is 0.